The van der Waals surface area contributed by atoms with Crippen LogP contribution in [0.1, 0.15) is 11.1 Å². The van der Waals surface area contributed by atoms with Gasteiger partial charge in [0.25, 0.3) is 0 Å². The zero-order valence-corrected chi connectivity index (χ0v) is 12.5. The molecular formula is C16H12BrFO3. The summed E-state index contributed by atoms with van der Waals surface area (Å²) in [5, 5.41) is 8.59. The van der Waals surface area contributed by atoms with Gasteiger partial charge in [-0.05, 0) is 45.8 Å². The van der Waals surface area contributed by atoms with Crippen LogP contribution in [-0.4, -0.2) is 11.1 Å². The van der Waals surface area contributed by atoms with E-state index in [1.54, 1.807) is 36.4 Å². The third-order valence-electron chi connectivity index (χ3n) is 2.70. The van der Waals surface area contributed by atoms with Crippen molar-refractivity contribution < 1.29 is 19.0 Å². The normalized spacial score (nSPS) is 10.8. The number of rotatable bonds is 5. The van der Waals surface area contributed by atoms with Gasteiger partial charge >= 0.3 is 5.97 Å². The smallest absolute Gasteiger partial charge is 0.328 e. The van der Waals surface area contributed by atoms with Gasteiger partial charge in [-0.15, -0.1) is 0 Å². The second-order valence-electron chi connectivity index (χ2n) is 4.25. The summed E-state index contributed by atoms with van der Waals surface area (Å²) >= 11 is 3.18. The van der Waals surface area contributed by atoms with Crippen LogP contribution in [0.15, 0.2) is 53.0 Å². The summed E-state index contributed by atoms with van der Waals surface area (Å²) in [6, 6.07) is 11.7. The Morgan fingerprint density at radius 2 is 2.05 bits per heavy atom. The van der Waals surface area contributed by atoms with Crippen molar-refractivity contribution in [1.29, 1.82) is 0 Å². The van der Waals surface area contributed by atoms with Gasteiger partial charge in [-0.3, -0.25) is 0 Å². The average molecular weight is 351 g/mol. The Hall–Kier alpha value is -2.14. The maximum atomic E-state index is 13.4. The van der Waals surface area contributed by atoms with Gasteiger partial charge in [0.05, 0.1) is 4.47 Å². The van der Waals surface area contributed by atoms with Crippen LogP contribution in [0.25, 0.3) is 6.08 Å². The van der Waals surface area contributed by atoms with Crippen molar-refractivity contribution in [2.75, 3.05) is 0 Å². The number of carbonyl (C=O) groups is 1. The fourth-order valence-corrected chi connectivity index (χ4v) is 2.08. The highest BCUT2D eigenvalue weighted by molar-refractivity contribution is 9.10. The van der Waals surface area contributed by atoms with Crippen LogP contribution in [0.2, 0.25) is 0 Å². The zero-order valence-electron chi connectivity index (χ0n) is 10.9. The monoisotopic (exact) mass is 350 g/mol. The number of aliphatic carboxylic acids is 1. The van der Waals surface area contributed by atoms with Crippen LogP contribution in [0.5, 0.6) is 5.75 Å². The first-order chi connectivity index (χ1) is 10.1. The van der Waals surface area contributed by atoms with E-state index in [1.807, 2.05) is 0 Å². The van der Waals surface area contributed by atoms with Gasteiger partial charge in [-0.2, -0.15) is 0 Å². The quantitative estimate of drug-likeness (QED) is 0.819. The van der Waals surface area contributed by atoms with Crippen LogP contribution in [-0.2, 0) is 11.4 Å². The molecule has 0 unspecified atom stereocenters. The lowest BCUT2D eigenvalue weighted by Gasteiger charge is -2.09. The molecule has 1 N–H and O–H groups in total. The summed E-state index contributed by atoms with van der Waals surface area (Å²) < 4.78 is 19.4. The Labute approximate surface area is 129 Å². The Kier molecular flexibility index (Phi) is 5.11. The molecule has 108 valence electrons. The van der Waals surface area contributed by atoms with E-state index in [0.717, 1.165) is 6.08 Å². The number of halogens is 2. The van der Waals surface area contributed by atoms with E-state index in [0.29, 0.717) is 21.3 Å². The highest BCUT2D eigenvalue weighted by Crippen LogP contribution is 2.22. The molecule has 0 aliphatic heterocycles. The van der Waals surface area contributed by atoms with Gasteiger partial charge in [-0.1, -0.05) is 24.3 Å². The molecule has 0 bridgehead atoms. The standard InChI is InChI=1S/C16H12BrFO3/c17-16-12(4-2-6-14(16)18)10-21-13-5-1-3-11(9-13)7-8-15(19)20/h1-9H,10H2,(H,19,20)/b8-7+. The molecule has 5 heteroatoms. The van der Waals surface area contributed by atoms with Gasteiger partial charge in [0.1, 0.15) is 18.2 Å². The van der Waals surface area contributed by atoms with Gasteiger partial charge in [0.2, 0.25) is 0 Å². The molecule has 0 atom stereocenters. The molecule has 0 saturated carbocycles. The number of hydrogen-bond donors (Lipinski definition) is 1. The van der Waals surface area contributed by atoms with Crippen molar-refractivity contribution in [2.24, 2.45) is 0 Å². The lowest BCUT2D eigenvalue weighted by atomic mass is 10.2. The molecule has 0 aliphatic rings. The third kappa shape index (κ3) is 4.43. The zero-order chi connectivity index (χ0) is 15.2. The summed E-state index contributed by atoms with van der Waals surface area (Å²) in [7, 11) is 0. The Morgan fingerprint density at radius 3 is 2.81 bits per heavy atom. The largest absolute Gasteiger partial charge is 0.489 e. The van der Waals surface area contributed by atoms with Gasteiger partial charge in [0.15, 0.2) is 0 Å². The van der Waals surface area contributed by atoms with E-state index in [1.165, 1.54) is 12.1 Å². The van der Waals surface area contributed by atoms with E-state index in [-0.39, 0.29) is 12.4 Å². The fourth-order valence-electron chi connectivity index (χ4n) is 1.70. The number of ether oxygens (including phenoxy) is 1. The predicted octanol–water partition coefficient (Wildman–Crippen LogP) is 4.27. The van der Waals surface area contributed by atoms with E-state index in [4.69, 9.17) is 9.84 Å². The van der Waals surface area contributed by atoms with Crippen molar-refractivity contribution in [3.63, 3.8) is 0 Å². The molecule has 2 aromatic carbocycles. The summed E-state index contributed by atoms with van der Waals surface area (Å²) in [5.74, 6) is -0.766. The Bertz CT molecular complexity index is 683. The molecule has 0 saturated heterocycles. The highest BCUT2D eigenvalue weighted by atomic mass is 79.9. The maximum absolute atomic E-state index is 13.4. The second kappa shape index (κ2) is 7.04. The van der Waals surface area contributed by atoms with Crippen LogP contribution >= 0.6 is 15.9 Å². The van der Waals surface area contributed by atoms with E-state index in [2.05, 4.69) is 15.9 Å². The maximum Gasteiger partial charge on any atom is 0.328 e. The van der Waals surface area contributed by atoms with Crippen molar-refractivity contribution in [3.05, 3.63) is 70.0 Å². The third-order valence-corrected chi connectivity index (χ3v) is 3.59. The average Bonchev–Trinajstić information content (AvgIpc) is 2.47. The minimum atomic E-state index is -1.01. The van der Waals surface area contributed by atoms with Crippen LogP contribution in [0, 0.1) is 5.82 Å². The molecule has 0 aliphatic carbocycles. The topological polar surface area (TPSA) is 46.5 Å². The minimum Gasteiger partial charge on any atom is -0.489 e. The molecule has 3 nitrogen and oxygen atoms in total. The number of benzene rings is 2. The van der Waals surface area contributed by atoms with Crippen molar-refractivity contribution in [1.82, 2.24) is 0 Å². The number of carboxylic acids is 1. The molecule has 2 aromatic rings. The summed E-state index contributed by atoms with van der Waals surface area (Å²) in [4.78, 5) is 10.5. The first kappa shape index (κ1) is 15.3. The molecule has 0 spiro atoms. The molecule has 0 aromatic heterocycles. The lowest BCUT2D eigenvalue weighted by molar-refractivity contribution is -0.131. The number of hydrogen-bond acceptors (Lipinski definition) is 2. The Morgan fingerprint density at radius 1 is 1.29 bits per heavy atom. The molecule has 21 heavy (non-hydrogen) atoms. The highest BCUT2D eigenvalue weighted by Gasteiger charge is 2.05. The Balaban J connectivity index is 2.08. The SMILES string of the molecule is O=C(O)/C=C/c1cccc(OCc2cccc(F)c2Br)c1. The van der Waals surface area contributed by atoms with Gasteiger partial charge < -0.3 is 9.84 Å². The predicted molar refractivity (Wildman–Crippen MR) is 81.5 cm³/mol. The van der Waals surface area contributed by atoms with Crippen molar-refractivity contribution >= 4 is 28.0 Å². The van der Waals surface area contributed by atoms with Gasteiger partial charge in [-0.25, -0.2) is 9.18 Å². The second-order valence-corrected chi connectivity index (χ2v) is 5.04. The van der Waals surface area contributed by atoms with Crippen LogP contribution in [0.4, 0.5) is 4.39 Å². The summed E-state index contributed by atoms with van der Waals surface area (Å²) in [6.07, 6.45) is 2.54. The van der Waals surface area contributed by atoms with Gasteiger partial charge in [0, 0.05) is 11.6 Å². The van der Waals surface area contributed by atoms with E-state index in [9.17, 15) is 9.18 Å². The lowest BCUT2D eigenvalue weighted by Crippen LogP contribution is -1.97. The summed E-state index contributed by atoms with van der Waals surface area (Å²) in [6.45, 7) is 0.213. The molecule has 2 rings (SSSR count). The van der Waals surface area contributed by atoms with E-state index >= 15 is 0 Å². The van der Waals surface area contributed by atoms with Crippen molar-refractivity contribution in [2.45, 2.75) is 6.61 Å². The fraction of sp³-hybridized carbons (Fsp3) is 0.0625. The van der Waals surface area contributed by atoms with Crippen LogP contribution in [0.3, 0.4) is 0 Å². The molecule has 0 fully saturated rings. The van der Waals surface area contributed by atoms with Crippen LogP contribution < -0.4 is 4.74 Å². The molecule has 0 radical (unpaired) electrons. The number of carboxylic acid groups (broad SMARTS) is 1. The molecule has 0 amide bonds. The minimum absolute atomic E-state index is 0.213. The van der Waals surface area contributed by atoms with Crippen molar-refractivity contribution in [3.8, 4) is 5.75 Å². The molecular weight excluding hydrogens is 339 g/mol. The molecule has 0 heterocycles. The summed E-state index contributed by atoms with van der Waals surface area (Å²) in [5.41, 5.74) is 1.41. The first-order valence-electron chi connectivity index (χ1n) is 6.13. The van der Waals surface area contributed by atoms with E-state index < -0.39 is 5.97 Å². The first-order valence-corrected chi connectivity index (χ1v) is 6.92.